The Labute approximate surface area is 129 Å². The van der Waals surface area contributed by atoms with E-state index < -0.39 is 0 Å². The number of hydrogen-bond acceptors (Lipinski definition) is 3. The lowest BCUT2D eigenvalue weighted by molar-refractivity contribution is 0.318. The Morgan fingerprint density at radius 3 is 2.52 bits per heavy atom. The van der Waals surface area contributed by atoms with Crippen LogP contribution in [0, 0.1) is 0 Å². The minimum Gasteiger partial charge on any atom is -0.409 e. The molecule has 2 aromatic carbocycles. The number of benzene rings is 2. The molecule has 0 bridgehead atoms. The lowest BCUT2D eigenvalue weighted by atomic mass is 10.1. The molecule has 2 aromatic rings. The number of amidine groups is 1. The van der Waals surface area contributed by atoms with Crippen LogP contribution in [0.4, 0.5) is 0 Å². The number of halogens is 1. The molecule has 0 aliphatic rings. The Hall–Kier alpha value is -2.04. The van der Waals surface area contributed by atoms with Crippen LogP contribution in [0.25, 0.3) is 0 Å². The molecule has 5 heteroatoms. The monoisotopic (exact) mass is 303 g/mol. The van der Waals surface area contributed by atoms with Crippen molar-refractivity contribution in [2.24, 2.45) is 10.9 Å². The molecule has 0 saturated heterocycles. The SMILES string of the molecule is CN(Cc1ccccc1)Cc1ccc(/C(N)=N/O)cc1Cl. The normalized spacial score (nSPS) is 11.9. The lowest BCUT2D eigenvalue weighted by Gasteiger charge is -2.18. The third kappa shape index (κ3) is 4.21. The van der Waals surface area contributed by atoms with Crippen molar-refractivity contribution in [2.45, 2.75) is 13.1 Å². The first-order valence-corrected chi connectivity index (χ1v) is 6.96. The van der Waals surface area contributed by atoms with Crippen molar-refractivity contribution < 1.29 is 5.21 Å². The summed E-state index contributed by atoms with van der Waals surface area (Å²) < 4.78 is 0. The second kappa shape index (κ2) is 7.11. The zero-order valence-corrected chi connectivity index (χ0v) is 12.6. The summed E-state index contributed by atoms with van der Waals surface area (Å²) in [4.78, 5) is 2.18. The van der Waals surface area contributed by atoms with Gasteiger partial charge in [-0.25, -0.2) is 0 Å². The molecule has 21 heavy (non-hydrogen) atoms. The van der Waals surface area contributed by atoms with Crippen molar-refractivity contribution in [3.63, 3.8) is 0 Å². The van der Waals surface area contributed by atoms with E-state index in [1.165, 1.54) is 5.56 Å². The second-order valence-electron chi connectivity index (χ2n) is 4.95. The summed E-state index contributed by atoms with van der Waals surface area (Å²) in [6.45, 7) is 1.57. The Morgan fingerprint density at radius 1 is 1.19 bits per heavy atom. The van der Waals surface area contributed by atoms with Crippen LogP contribution >= 0.6 is 11.6 Å². The highest BCUT2D eigenvalue weighted by molar-refractivity contribution is 6.31. The molecule has 0 spiro atoms. The third-order valence-electron chi connectivity index (χ3n) is 3.19. The van der Waals surface area contributed by atoms with E-state index in [-0.39, 0.29) is 5.84 Å². The summed E-state index contributed by atoms with van der Waals surface area (Å²) >= 11 is 6.26. The minimum atomic E-state index is 0.0566. The third-order valence-corrected chi connectivity index (χ3v) is 3.54. The largest absolute Gasteiger partial charge is 0.409 e. The molecule has 4 nitrogen and oxygen atoms in total. The maximum atomic E-state index is 8.67. The molecule has 3 N–H and O–H groups in total. The maximum absolute atomic E-state index is 8.67. The second-order valence-corrected chi connectivity index (χ2v) is 5.36. The highest BCUT2D eigenvalue weighted by Gasteiger charge is 2.08. The predicted octanol–water partition coefficient (Wildman–Crippen LogP) is 3.07. The fourth-order valence-electron chi connectivity index (χ4n) is 2.13. The van der Waals surface area contributed by atoms with E-state index in [0.29, 0.717) is 10.6 Å². The van der Waals surface area contributed by atoms with Crippen LogP contribution in [0.2, 0.25) is 5.02 Å². The van der Waals surface area contributed by atoms with E-state index in [1.807, 2.05) is 31.3 Å². The average Bonchev–Trinajstić information content (AvgIpc) is 2.49. The van der Waals surface area contributed by atoms with E-state index in [4.69, 9.17) is 22.5 Å². The molecule has 0 aliphatic carbocycles. The van der Waals surface area contributed by atoms with Gasteiger partial charge in [0.1, 0.15) is 0 Å². The molecule has 110 valence electrons. The fourth-order valence-corrected chi connectivity index (χ4v) is 2.37. The lowest BCUT2D eigenvalue weighted by Crippen LogP contribution is -2.18. The van der Waals surface area contributed by atoms with Gasteiger partial charge in [0.05, 0.1) is 0 Å². The van der Waals surface area contributed by atoms with Crippen molar-refractivity contribution in [1.29, 1.82) is 0 Å². The molecular formula is C16H18ClN3O. The van der Waals surface area contributed by atoms with Gasteiger partial charge < -0.3 is 10.9 Å². The molecule has 0 radical (unpaired) electrons. The summed E-state index contributed by atoms with van der Waals surface area (Å²) in [6, 6.07) is 15.7. The Bertz CT molecular complexity index is 629. The first-order chi connectivity index (χ1) is 10.1. The van der Waals surface area contributed by atoms with Gasteiger partial charge >= 0.3 is 0 Å². The molecule has 2 rings (SSSR count). The van der Waals surface area contributed by atoms with Crippen LogP contribution in [0.3, 0.4) is 0 Å². The fraction of sp³-hybridized carbons (Fsp3) is 0.188. The molecule has 0 fully saturated rings. The van der Waals surface area contributed by atoms with Gasteiger partial charge in [-0.1, -0.05) is 59.2 Å². The summed E-state index contributed by atoms with van der Waals surface area (Å²) in [5.74, 6) is 0.0566. The minimum absolute atomic E-state index is 0.0566. The van der Waals surface area contributed by atoms with Crippen molar-refractivity contribution in [3.8, 4) is 0 Å². The summed E-state index contributed by atoms with van der Waals surface area (Å²) in [7, 11) is 2.04. The number of oxime groups is 1. The number of nitrogens with two attached hydrogens (primary N) is 1. The molecule has 0 unspecified atom stereocenters. The van der Waals surface area contributed by atoms with Crippen LogP contribution in [-0.2, 0) is 13.1 Å². The summed E-state index contributed by atoms with van der Waals surface area (Å²) in [6.07, 6.45) is 0. The van der Waals surface area contributed by atoms with Crippen molar-refractivity contribution in [3.05, 3.63) is 70.2 Å². The van der Waals surface area contributed by atoms with Crippen molar-refractivity contribution >= 4 is 17.4 Å². The first-order valence-electron chi connectivity index (χ1n) is 6.59. The standard InChI is InChI=1S/C16H18ClN3O/c1-20(10-12-5-3-2-4-6-12)11-14-8-7-13(9-15(14)17)16(18)19-21/h2-9,21H,10-11H2,1H3,(H2,18,19). The summed E-state index contributed by atoms with van der Waals surface area (Å²) in [5, 5.41) is 12.3. The van der Waals surface area contributed by atoms with Crippen LogP contribution < -0.4 is 5.73 Å². The van der Waals surface area contributed by atoms with E-state index in [1.54, 1.807) is 12.1 Å². The zero-order chi connectivity index (χ0) is 15.2. The highest BCUT2D eigenvalue weighted by atomic mass is 35.5. The topological polar surface area (TPSA) is 61.8 Å². The first kappa shape index (κ1) is 15.4. The number of rotatable bonds is 5. The van der Waals surface area contributed by atoms with Crippen LogP contribution in [0.1, 0.15) is 16.7 Å². The molecule has 0 atom stereocenters. The number of nitrogens with zero attached hydrogens (tertiary/aromatic N) is 2. The van der Waals surface area contributed by atoms with Gasteiger partial charge in [0.2, 0.25) is 0 Å². The van der Waals surface area contributed by atoms with E-state index >= 15 is 0 Å². The zero-order valence-electron chi connectivity index (χ0n) is 11.8. The molecule has 0 aliphatic heterocycles. The van der Waals surface area contributed by atoms with Gasteiger partial charge in [-0.15, -0.1) is 0 Å². The van der Waals surface area contributed by atoms with Crippen LogP contribution in [0.5, 0.6) is 0 Å². The molecule has 0 saturated carbocycles. The molecule has 0 heterocycles. The highest BCUT2D eigenvalue weighted by Crippen LogP contribution is 2.20. The Balaban J connectivity index is 2.06. The van der Waals surface area contributed by atoms with Gasteiger partial charge in [0, 0.05) is 23.7 Å². The molecule has 0 amide bonds. The van der Waals surface area contributed by atoms with Gasteiger partial charge in [-0.3, -0.25) is 4.90 Å². The molecule has 0 aromatic heterocycles. The van der Waals surface area contributed by atoms with E-state index in [9.17, 15) is 0 Å². The Kier molecular flexibility index (Phi) is 5.20. The van der Waals surface area contributed by atoms with E-state index in [2.05, 4.69) is 22.2 Å². The average molecular weight is 304 g/mol. The van der Waals surface area contributed by atoms with Crippen molar-refractivity contribution in [1.82, 2.24) is 4.90 Å². The van der Waals surface area contributed by atoms with E-state index in [0.717, 1.165) is 18.7 Å². The van der Waals surface area contributed by atoms with Gasteiger partial charge in [0.25, 0.3) is 0 Å². The van der Waals surface area contributed by atoms with Crippen LogP contribution in [-0.4, -0.2) is 23.0 Å². The maximum Gasteiger partial charge on any atom is 0.170 e. The van der Waals surface area contributed by atoms with Gasteiger partial charge in [-0.2, -0.15) is 0 Å². The Morgan fingerprint density at radius 2 is 1.90 bits per heavy atom. The smallest absolute Gasteiger partial charge is 0.170 e. The predicted molar refractivity (Wildman–Crippen MR) is 85.6 cm³/mol. The van der Waals surface area contributed by atoms with Gasteiger partial charge in [0.15, 0.2) is 5.84 Å². The number of hydrogen-bond donors (Lipinski definition) is 2. The van der Waals surface area contributed by atoms with Crippen LogP contribution in [0.15, 0.2) is 53.7 Å². The van der Waals surface area contributed by atoms with Crippen molar-refractivity contribution in [2.75, 3.05) is 7.05 Å². The quantitative estimate of drug-likeness (QED) is 0.386. The summed E-state index contributed by atoms with van der Waals surface area (Å²) in [5.41, 5.74) is 8.41. The van der Waals surface area contributed by atoms with Gasteiger partial charge in [-0.05, 0) is 24.2 Å². The molecular weight excluding hydrogens is 286 g/mol.